The van der Waals surface area contributed by atoms with E-state index in [9.17, 15) is 8.42 Å². The van der Waals surface area contributed by atoms with Crippen molar-refractivity contribution in [1.29, 1.82) is 0 Å². The summed E-state index contributed by atoms with van der Waals surface area (Å²) in [6.07, 6.45) is 1.31. The SMILES string of the molecule is [C-]#[N+]/C(=C\N(C)C)S(=O)(=O)c1ccc(C)cc1. The van der Waals surface area contributed by atoms with E-state index in [1.165, 1.54) is 18.3 Å². The molecule has 0 unspecified atom stereocenters. The van der Waals surface area contributed by atoms with Crippen LogP contribution in [0, 0.1) is 13.5 Å². The van der Waals surface area contributed by atoms with E-state index in [0.29, 0.717) is 0 Å². The summed E-state index contributed by atoms with van der Waals surface area (Å²) in [6, 6.07) is 6.45. The predicted molar refractivity (Wildman–Crippen MR) is 66.7 cm³/mol. The number of nitrogens with zero attached hydrogens (tertiary/aromatic N) is 2. The first-order chi connectivity index (χ1) is 7.87. The minimum absolute atomic E-state index is 0.146. The van der Waals surface area contributed by atoms with E-state index < -0.39 is 9.84 Å². The number of hydrogen-bond donors (Lipinski definition) is 0. The fourth-order valence-corrected chi connectivity index (χ4v) is 2.42. The molecule has 0 radical (unpaired) electrons. The van der Waals surface area contributed by atoms with Crippen LogP contribution in [0.2, 0.25) is 0 Å². The maximum absolute atomic E-state index is 12.1. The number of benzene rings is 1. The van der Waals surface area contributed by atoms with Crippen LogP contribution in [0.3, 0.4) is 0 Å². The summed E-state index contributed by atoms with van der Waals surface area (Å²) in [4.78, 5) is 4.77. The third kappa shape index (κ3) is 3.08. The largest absolute Gasteiger partial charge is 0.392 e. The van der Waals surface area contributed by atoms with E-state index in [4.69, 9.17) is 6.57 Å². The first-order valence-electron chi connectivity index (χ1n) is 4.95. The molecule has 0 spiro atoms. The van der Waals surface area contributed by atoms with Crippen LogP contribution in [0.4, 0.5) is 0 Å². The summed E-state index contributed by atoms with van der Waals surface area (Å²) in [5.74, 6) is 0. The molecule has 1 aromatic carbocycles. The molecule has 0 aromatic heterocycles. The van der Waals surface area contributed by atoms with E-state index >= 15 is 0 Å². The molecule has 0 saturated heterocycles. The van der Waals surface area contributed by atoms with Crippen molar-refractivity contribution in [3.8, 4) is 0 Å². The molecule has 1 rings (SSSR count). The average Bonchev–Trinajstić information content (AvgIpc) is 2.26. The van der Waals surface area contributed by atoms with Gasteiger partial charge in [-0.1, -0.05) is 17.7 Å². The van der Waals surface area contributed by atoms with Crippen LogP contribution in [0.1, 0.15) is 5.56 Å². The maximum atomic E-state index is 12.1. The molecule has 0 bridgehead atoms. The summed E-state index contributed by atoms with van der Waals surface area (Å²) >= 11 is 0. The Morgan fingerprint density at radius 1 is 1.29 bits per heavy atom. The summed E-state index contributed by atoms with van der Waals surface area (Å²) in [6.45, 7) is 8.83. The molecule has 0 N–H and O–H groups in total. The zero-order chi connectivity index (χ0) is 13.1. The van der Waals surface area contributed by atoms with Crippen molar-refractivity contribution in [3.63, 3.8) is 0 Å². The van der Waals surface area contributed by atoms with E-state index in [1.54, 1.807) is 31.1 Å². The van der Waals surface area contributed by atoms with Crippen molar-refractivity contribution in [3.05, 3.63) is 52.5 Å². The highest BCUT2D eigenvalue weighted by molar-refractivity contribution is 7.95. The molecule has 5 heteroatoms. The second-order valence-electron chi connectivity index (χ2n) is 3.86. The minimum Gasteiger partial charge on any atom is -0.392 e. The molecule has 0 aliphatic carbocycles. The predicted octanol–water partition coefficient (Wildman–Crippen LogP) is 2.05. The highest BCUT2D eigenvalue weighted by atomic mass is 32.2. The fraction of sp³-hybridized carbons (Fsp3) is 0.250. The first-order valence-corrected chi connectivity index (χ1v) is 6.43. The molecule has 0 amide bonds. The number of hydrogen-bond acceptors (Lipinski definition) is 3. The van der Waals surface area contributed by atoms with Crippen LogP contribution in [0.5, 0.6) is 0 Å². The molecule has 0 saturated carbocycles. The maximum Gasteiger partial charge on any atom is 0.298 e. The van der Waals surface area contributed by atoms with Crippen LogP contribution >= 0.6 is 0 Å². The molecule has 1 aromatic rings. The zero-order valence-corrected chi connectivity index (χ0v) is 10.8. The van der Waals surface area contributed by atoms with E-state index in [2.05, 4.69) is 4.85 Å². The lowest BCUT2D eigenvalue weighted by atomic mass is 10.2. The van der Waals surface area contributed by atoms with Crippen molar-refractivity contribution in [2.24, 2.45) is 0 Å². The quantitative estimate of drug-likeness (QED) is 0.771. The minimum atomic E-state index is -3.70. The van der Waals surface area contributed by atoms with Crippen molar-refractivity contribution in [1.82, 2.24) is 4.90 Å². The standard InChI is InChI=1S/C12H14N2O2S/c1-10-5-7-11(8-6-10)17(15,16)12(13-2)9-14(3)4/h5-9H,1,3-4H3/b12-9+. The van der Waals surface area contributed by atoms with Gasteiger partial charge in [-0.05, 0) is 19.1 Å². The molecule has 0 aliphatic heterocycles. The Kier molecular flexibility index (Phi) is 3.92. The van der Waals surface area contributed by atoms with Crippen molar-refractivity contribution < 1.29 is 8.42 Å². The fourth-order valence-electron chi connectivity index (χ4n) is 1.22. The molecule has 0 aliphatic rings. The number of sulfone groups is 1. The van der Waals surface area contributed by atoms with Crippen LogP contribution in [0.25, 0.3) is 4.85 Å². The monoisotopic (exact) mass is 250 g/mol. The summed E-state index contributed by atoms with van der Waals surface area (Å²) in [7, 11) is -0.345. The highest BCUT2D eigenvalue weighted by Gasteiger charge is 2.21. The molecule has 90 valence electrons. The first kappa shape index (κ1) is 13.3. The summed E-state index contributed by atoms with van der Waals surface area (Å²) < 4.78 is 24.2. The molecule has 0 heterocycles. The Labute approximate surface area is 102 Å². The van der Waals surface area contributed by atoms with Gasteiger partial charge in [0.1, 0.15) is 0 Å². The normalized spacial score (nSPS) is 12.0. The Morgan fingerprint density at radius 2 is 1.82 bits per heavy atom. The van der Waals surface area contributed by atoms with Gasteiger partial charge in [0.2, 0.25) is 9.84 Å². The van der Waals surface area contributed by atoms with E-state index in [-0.39, 0.29) is 9.92 Å². The van der Waals surface area contributed by atoms with Gasteiger partial charge in [0.15, 0.2) is 0 Å². The molecule has 0 fully saturated rings. The van der Waals surface area contributed by atoms with Gasteiger partial charge < -0.3 is 4.90 Å². The van der Waals surface area contributed by atoms with E-state index in [1.807, 2.05) is 6.92 Å². The summed E-state index contributed by atoms with van der Waals surface area (Å²) in [5.41, 5.74) is 0.977. The lowest BCUT2D eigenvalue weighted by Gasteiger charge is -2.07. The van der Waals surface area contributed by atoms with Gasteiger partial charge in [-0.15, -0.1) is 0 Å². The van der Waals surface area contributed by atoms with Gasteiger partial charge in [-0.2, -0.15) is 0 Å². The van der Waals surface area contributed by atoms with Gasteiger partial charge in [0.25, 0.3) is 5.03 Å². The van der Waals surface area contributed by atoms with Gasteiger partial charge in [-0.3, -0.25) is 0 Å². The smallest absolute Gasteiger partial charge is 0.298 e. The van der Waals surface area contributed by atoms with Crippen LogP contribution < -0.4 is 0 Å². The lowest BCUT2D eigenvalue weighted by molar-refractivity contribution is 0.558. The van der Waals surface area contributed by atoms with Crippen molar-refractivity contribution in [2.75, 3.05) is 14.1 Å². The van der Waals surface area contributed by atoms with Gasteiger partial charge in [-0.25, -0.2) is 13.3 Å². The van der Waals surface area contributed by atoms with Gasteiger partial charge in [0.05, 0.1) is 11.5 Å². The second kappa shape index (κ2) is 5.02. The third-order valence-electron chi connectivity index (χ3n) is 2.09. The zero-order valence-electron chi connectivity index (χ0n) is 10.0. The van der Waals surface area contributed by atoms with Gasteiger partial charge >= 0.3 is 0 Å². The molecule has 0 atom stereocenters. The van der Waals surface area contributed by atoms with Crippen molar-refractivity contribution >= 4 is 9.84 Å². The second-order valence-corrected chi connectivity index (χ2v) is 5.76. The Balaban J connectivity index is 3.29. The number of aryl methyl sites for hydroxylation is 1. The number of rotatable bonds is 3. The highest BCUT2D eigenvalue weighted by Crippen LogP contribution is 2.20. The summed E-state index contributed by atoms with van der Waals surface area (Å²) in [5, 5.41) is -0.272. The van der Waals surface area contributed by atoms with Crippen LogP contribution in [0.15, 0.2) is 40.4 Å². The lowest BCUT2D eigenvalue weighted by Crippen LogP contribution is -2.08. The molecular weight excluding hydrogens is 236 g/mol. The van der Waals surface area contributed by atoms with Crippen LogP contribution in [-0.2, 0) is 9.84 Å². The third-order valence-corrected chi connectivity index (χ3v) is 3.73. The molecule has 17 heavy (non-hydrogen) atoms. The average molecular weight is 250 g/mol. The Hall–Kier alpha value is -1.80. The molecular formula is C12H14N2O2S. The van der Waals surface area contributed by atoms with E-state index in [0.717, 1.165) is 5.56 Å². The Morgan fingerprint density at radius 3 is 2.24 bits per heavy atom. The molecule has 4 nitrogen and oxygen atoms in total. The van der Waals surface area contributed by atoms with Gasteiger partial charge in [0, 0.05) is 20.3 Å². The Bertz CT molecular complexity index is 564. The topological polar surface area (TPSA) is 41.7 Å². The van der Waals surface area contributed by atoms with Crippen LogP contribution in [-0.4, -0.2) is 27.4 Å². The van der Waals surface area contributed by atoms with Crippen molar-refractivity contribution in [2.45, 2.75) is 11.8 Å².